The van der Waals surface area contributed by atoms with E-state index >= 15 is 0 Å². The van der Waals surface area contributed by atoms with Gasteiger partial charge >= 0.3 is 0 Å². The molecule has 0 N–H and O–H groups in total. The van der Waals surface area contributed by atoms with E-state index in [0.29, 0.717) is 17.9 Å². The fourth-order valence-electron chi connectivity index (χ4n) is 4.28. The minimum Gasteiger partial charge on any atom is -0.486 e. The Labute approximate surface area is 193 Å². The normalized spacial score (nSPS) is 15.4. The third-order valence-electron chi connectivity index (χ3n) is 6.12. The van der Waals surface area contributed by atoms with Crippen LogP contribution < -0.4 is 9.75 Å². The number of rotatable bonds is 4. The molecule has 0 saturated heterocycles. The molecule has 5 rings (SSSR count). The number of benzene rings is 2. The van der Waals surface area contributed by atoms with Gasteiger partial charge in [0.2, 0.25) is 5.16 Å². The van der Waals surface area contributed by atoms with E-state index in [1.807, 2.05) is 35.0 Å². The predicted molar refractivity (Wildman–Crippen MR) is 126 cm³/mol. The summed E-state index contributed by atoms with van der Waals surface area (Å²) in [6.07, 6.45) is 3.47. The number of aryl methyl sites for hydroxylation is 2. The van der Waals surface area contributed by atoms with Gasteiger partial charge in [-0.1, -0.05) is 50.7 Å². The van der Waals surface area contributed by atoms with Crippen LogP contribution >= 0.6 is 11.8 Å². The molecule has 0 spiro atoms. The van der Waals surface area contributed by atoms with Gasteiger partial charge in [0.1, 0.15) is 12.4 Å². The molecule has 1 aliphatic heterocycles. The summed E-state index contributed by atoms with van der Waals surface area (Å²) in [5.74, 6) is 2.20. The standard InChI is InChI=1S/C25H28N4O2S/c1-25(2,3)20-10-7-18(8-11-20)23(30)28-13-14-32-24-27-26-22(29(24)28)16-31-21-12-9-17-5-4-6-19(17)15-21/h7-12,15H,4-6,13-14,16H2,1-3H3. The Morgan fingerprint density at radius 3 is 2.62 bits per heavy atom. The fraction of sp³-hybridized carbons (Fsp3) is 0.400. The van der Waals surface area contributed by atoms with Crippen molar-refractivity contribution in [3.63, 3.8) is 0 Å². The lowest BCUT2D eigenvalue weighted by molar-refractivity contribution is 0.0952. The topological polar surface area (TPSA) is 60.3 Å². The predicted octanol–water partition coefficient (Wildman–Crippen LogP) is 4.53. The maximum Gasteiger partial charge on any atom is 0.272 e. The van der Waals surface area contributed by atoms with Gasteiger partial charge in [-0.15, -0.1) is 10.2 Å². The van der Waals surface area contributed by atoms with Crippen molar-refractivity contribution < 1.29 is 9.53 Å². The first-order valence-electron chi connectivity index (χ1n) is 11.1. The molecule has 0 unspecified atom stereocenters. The van der Waals surface area contributed by atoms with Crippen LogP contribution in [-0.4, -0.2) is 33.1 Å². The number of thioether (sulfide) groups is 1. The first kappa shape index (κ1) is 21.1. The molecule has 2 aromatic carbocycles. The largest absolute Gasteiger partial charge is 0.486 e. The van der Waals surface area contributed by atoms with Crippen LogP contribution in [0.1, 0.15) is 60.1 Å². The second-order valence-corrected chi connectivity index (χ2v) is 10.4. The summed E-state index contributed by atoms with van der Waals surface area (Å²) < 4.78 is 7.88. The molecule has 1 aromatic heterocycles. The average Bonchev–Trinajstić information content (AvgIpc) is 3.43. The highest BCUT2D eigenvalue weighted by Gasteiger charge is 2.28. The van der Waals surface area contributed by atoms with Gasteiger partial charge < -0.3 is 4.74 Å². The molecule has 0 radical (unpaired) electrons. The number of nitrogens with zero attached hydrogens (tertiary/aromatic N) is 4. The van der Waals surface area contributed by atoms with Crippen molar-refractivity contribution in [3.8, 4) is 5.75 Å². The summed E-state index contributed by atoms with van der Waals surface area (Å²) in [5, 5.41) is 11.1. The third-order valence-corrected chi connectivity index (χ3v) is 7.02. The van der Waals surface area contributed by atoms with Crippen molar-refractivity contribution >= 4 is 17.7 Å². The number of carbonyl (C=O) groups excluding carboxylic acids is 1. The Bertz CT molecular complexity index is 1150. The lowest BCUT2D eigenvalue weighted by atomic mass is 9.86. The number of ether oxygens (including phenoxy) is 1. The van der Waals surface area contributed by atoms with Crippen molar-refractivity contribution in [2.45, 2.75) is 57.2 Å². The van der Waals surface area contributed by atoms with Gasteiger partial charge in [0.05, 0.1) is 6.54 Å². The Morgan fingerprint density at radius 1 is 1.06 bits per heavy atom. The fourth-order valence-corrected chi connectivity index (χ4v) is 5.15. The van der Waals surface area contributed by atoms with Crippen LogP contribution in [0, 0.1) is 0 Å². The minimum atomic E-state index is -0.0504. The number of fused-ring (bicyclic) bond motifs is 2. The number of hydrogen-bond acceptors (Lipinski definition) is 5. The van der Waals surface area contributed by atoms with Gasteiger partial charge in [0, 0.05) is 11.3 Å². The number of amides is 1. The van der Waals surface area contributed by atoms with Crippen molar-refractivity contribution in [1.29, 1.82) is 0 Å². The molecule has 1 aliphatic carbocycles. The summed E-state index contributed by atoms with van der Waals surface area (Å²) in [6.45, 7) is 7.37. The van der Waals surface area contributed by atoms with E-state index in [1.165, 1.54) is 23.1 Å². The molecule has 1 amide bonds. The Kier molecular flexibility index (Phi) is 5.45. The van der Waals surface area contributed by atoms with Crippen LogP contribution in [-0.2, 0) is 24.9 Å². The zero-order valence-corrected chi connectivity index (χ0v) is 19.6. The number of carbonyl (C=O) groups is 1. The number of aromatic nitrogens is 3. The molecule has 0 saturated carbocycles. The highest BCUT2D eigenvalue weighted by atomic mass is 32.2. The zero-order chi connectivity index (χ0) is 22.3. The molecule has 2 aliphatic rings. The van der Waals surface area contributed by atoms with E-state index in [4.69, 9.17) is 4.74 Å². The molecule has 3 aromatic rings. The lowest BCUT2D eigenvalue weighted by Gasteiger charge is -2.29. The summed E-state index contributed by atoms with van der Waals surface area (Å²) in [4.78, 5) is 13.4. The first-order valence-corrected chi connectivity index (χ1v) is 12.1. The van der Waals surface area contributed by atoms with Gasteiger partial charge in [-0.25, -0.2) is 9.69 Å². The summed E-state index contributed by atoms with van der Waals surface area (Å²) in [5.41, 5.74) is 4.71. The van der Waals surface area contributed by atoms with E-state index < -0.39 is 0 Å². The van der Waals surface area contributed by atoms with E-state index in [9.17, 15) is 4.79 Å². The quantitative estimate of drug-likeness (QED) is 0.587. The van der Waals surface area contributed by atoms with Crippen LogP contribution in [0.25, 0.3) is 0 Å². The zero-order valence-electron chi connectivity index (χ0n) is 18.8. The van der Waals surface area contributed by atoms with Gasteiger partial charge in [0.25, 0.3) is 5.91 Å². The van der Waals surface area contributed by atoms with Crippen LogP contribution in [0.15, 0.2) is 47.6 Å². The third kappa shape index (κ3) is 4.01. The summed E-state index contributed by atoms with van der Waals surface area (Å²) in [6, 6.07) is 14.2. The number of hydrogen-bond donors (Lipinski definition) is 0. The maximum absolute atomic E-state index is 13.4. The Balaban J connectivity index is 1.36. The van der Waals surface area contributed by atoms with Crippen LogP contribution in [0.3, 0.4) is 0 Å². The van der Waals surface area contributed by atoms with E-state index in [2.05, 4.69) is 43.1 Å². The van der Waals surface area contributed by atoms with Crippen molar-refractivity contribution in [2.75, 3.05) is 17.3 Å². The van der Waals surface area contributed by atoms with Crippen molar-refractivity contribution in [2.24, 2.45) is 0 Å². The summed E-state index contributed by atoms with van der Waals surface area (Å²) in [7, 11) is 0. The van der Waals surface area contributed by atoms with Crippen LogP contribution in [0.4, 0.5) is 0 Å². The maximum atomic E-state index is 13.4. The van der Waals surface area contributed by atoms with E-state index in [1.54, 1.807) is 16.8 Å². The molecule has 0 atom stereocenters. The minimum absolute atomic E-state index is 0.0485. The molecule has 0 fully saturated rings. The van der Waals surface area contributed by atoms with Gasteiger partial charge in [-0.2, -0.15) is 0 Å². The van der Waals surface area contributed by atoms with Crippen LogP contribution in [0.2, 0.25) is 0 Å². The molecule has 2 heterocycles. The molecule has 7 heteroatoms. The van der Waals surface area contributed by atoms with Crippen molar-refractivity contribution in [3.05, 3.63) is 70.5 Å². The van der Waals surface area contributed by atoms with Gasteiger partial charge in [-0.05, 0) is 65.6 Å². The second kappa shape index (κ2) is 8.28. The smallest absolute Gasteiger partial charge is 0.272 e. The van der Waals surface area contributed by atoms with Crippen molar-refractivity contribution in [1.82, 2.24) is 14.9 Å². The SMILES string of the molecule is CC(C)(C)c1ccc(C(=O)N2CCSc3nnc(COc4ccc5c(c4)CCC5)n32)cc1. The highest BCUT2D eigenvalue weighted by molar-refractivity contribution is 7.99. The molecule has 32 heavy (non-hydrogen) atoms. The van der Waals surface area contributed by atoms with Gasteiger partial charge in [-0.3, -0.25) is 4.79 Å². The van der Waals surface area contributed by atoms with Crippen LogP contribution in [0.5, 0.6) is 5.75 Å². The summed E-state index contributed by atoms with van der Waals surface area (Å²) >= 11 is 1.61. The van der Waals surface area contributed by atoms with E-state index in [0.717, 1.165) is 29.5 Å². The highest BCUT2D eigenvalue weighted by Crippen LogP contribution is 2.28. The van der Waals surface area contributed by atoms with Gasteiger partial charge in [0.15, 0.2) is 5.82 Å². The average molecular weight is 449 g/mol. The second-order valence-electron chi connectivity index (χ2n) is 9.39. The Hall–Kier alpha value is -2.80. The molecule has 0 bridgehead atoms. The molecule has 166 valence electrons. The Morgan fingerprint density at radius 2 is 1.84 bits per heavy atom. The lowest BCUT2D eigenvalue weighted by Crippen LogP contribution is -2.45. The van der Waals surface area contributed by atoms with E-state index in [-0.39, 0.29) is 17.9 Å². The molecular weight excluding hydrogens is 420 g/mol. The molecular formula is C25H28N4O2S. The molecule has 6 nitrogen and oxygen atoms in total. The first-order chi connectivity index (χ1) is 15.4. The monoisotopic (exact) mass is 448 g/mol.